The maximum atomic E-state index is 11.7. The molecule has 2 rings (SSSR count). The van der Waals surface area contributed by atoms with E-state index >= 15 is 0 Å². The Kier molecular flexibility index (Phi) is 4.35. The Hall–Kier alpha value is -3.09. The summed E-state index contributed by atoms with van der Waals surface area (Å²) in [6.07, 6.45) is 1.51. The third kappa shape index (κ3) is 3.69. The standard InChI is InChI=1S/C14H14N4O3/c1-16-13(19)12-11(3-2-8-17-12)21-10-6-4-9(5-7-10)18-14(15)20/h2-8H,1H3,(H,16,19)(H3,15,18,20). The predicted molar refractivity (Wildman–Crippen MR) is 77.3 cm³/mol. The van der Waals surface area contributed by atoms with E-state index < -0.39 is 6.03 Å². The Bertz CT molecular complexity index is 656. The largest absolute Gasteiger partial charge is 0.455 e. The maximum absolute atomic E-state index is 11.7. The predicted octanol–water partition coefficient (Wildman–Crippen LogP) is 1.72. The molecule has 0 fully saturated rings. The topological polar surface area (TPSA) is 106 Å². The molecule has 7 nitrogen and oxygen atoms in total. The lowest BCUT2D eigenvalue weighted by atomic mass is 10.3. The minimum Gasteiger partial charge on any atom is -0.455 e. The minimum atomic E-state index is -0.641. The number of nitrogens with zero attached hydrogens (tertiary/aromatic N) is 1. The van der Waals surface area contributed by atoms with E-state index in [4.69, 9.17) is 10.5 Å². The Morgan fingerprint density at radius 3 is 2.52 bits per heavy atom. The fourth-order valence-electron chi connectivity index (χ4n) is 1.64. The van der Waals surface area contributed by atoms with Gasteiger partial charge in [-0.25, -0.2) is 9.78 Å². The summed E-state index contributed by atoms with van der Waals surface area (Å²) in [5, 5.41) is 4.94. The van der Waals surface area contributed by atoms with Gasteiger partial charge in [0.25, 0.3) is 5.91 Å². The second kappa shape index (κ2) is 6.38. The van der Waals surface area contributed by atoms with Crippen molar-refractivity contribution >= 4 is 17.6 Å². The fourth-order valence-corrected chi connectivity index (χ4v) is 1.64. The molecular weight excluding hydrogens is 272 g/mol. The zero-order valence-electron chi connectivity index (χ0n) is 11.3. The highest BCUT2D eigenvalue weighted by Crippen LogP contribution is 2.25. The molecule has 7 heteroatoms. The number of nitrogens with two attached hydrogens (primary N) is 1. The summed E-state index contributed by atoms with van der Waals surface area (Å²) >= 11 is 0. The van der Waals surface area contributed by atoms with Crippen LogP contribution >= 0.6 is 0 Å². The molecule has 1 heterocycles. The van der Waals surface area contributed by atoms with Crippen LogP contribution in [-0.4, -0.2) is 24.0 Å². The third-order valence-electron chi connectivity index (χ3n) is 2.56. The number of ether oxygens (including phenoxy) is 1. The SMILES string of the molecule is CNC(=O)c1ncccc1Oc1ccc(NC(N)=O)cc1. The average Bonchev–Trinajstić information content (AvgIpc) is 2.48. The van der Waals surface area contributed by atoms with E-state index in [1.54, 1.807) is 36.4 Å². The first-order chi connectivity index (χ1) is 10.1. The van der Waals surface area contributed by atoms with Gasteiger partial charge in [-0.1, -0.05) is 0 Å². The van der Waals surface area contributed by atoms with E-state index in [2.05, 4.69) is 15.6 Å². The molecule has 0 aliphatic carbocycles. The van der Waals surface area contributed by atoms with Crippen LogP contribution < -0.4 is 21.1 Å². The highest BCUT2D eigenvalue weighted by atomic mass is 16.5. The van der Waals surface area contributed by atoms with Crippen molar-refractivity contribution in [3.8, 4) is 11.5 Å². The number of hydrogen-bond acceptors (Lipinski definition) is 4. The number of carbonyl (C=O) groups is 2. The number of aromatic nitrogens is 1. The molecule has 2 aromatic rings. The first-order valence-corrected chi connectivity index (χ1v) is 6.11. The number of anilines is 1. The highest BCUT2D eigenvalue weighted by Gasteiger charge is 2.12. The number of urea groups is 1. The Balaban J connectivity index is 2.18. The van der Waals surface area contributed by atoms with E-state index in [-0.39, 0.29) is 11.6 Å². The summed E-state index contributed by atoms with van der Waals surface area (Å²) in [4.78, 5) is 26.4. The molecule has 0 unspecified atom stereocenters. The molecule has 21 heavy (non-hydrogen) atoms. The monoisotopic (exact) mass is 286 g/mol. The summed E-state index contributed by atoms with van der Waals surface area (Å²) in [6, 6.07) is 9.24. The van der Waals surface area contributed by atoms with Gasteiger partial charge in [-0.3, -0.25) is 4.79 Å². The number of hydrogen-bond donors (Lipinski definition) is 3. The van der Waals surface area contributed by atoms with Gasteiger partial charge in [-0.05, 0) is 36.4 Å². The molecule has 4 N–H and O–H groups in total. The molecule has 0 aliphatic rings. The van der Waals surface area contributed by atoms with Crippen LogP contribution in [0.3, 0.4) is 0 Å². The number of benzene rings is 1. The van der Waals surface area contributed by atoms with Gasteiger partial charge in [0.15, 0.2) is 11.4 Å². The molecule has 108 valence electrons. The van der Waals surface area contributed by atoms with E-state index in [0.29, 0.717) is 17.2 Å². The quantitative estimate of drug-likeness (QED) is 0.795. The van der Waals surface area contributed by atoms with Crippen molar-refractivity contribution in [2.75, 3.05) is 12.4 Å². The van der Waals surface area contributed by atoms with E-state index in [0.717, 1.165) is 0 Å². The normalized spacial score (nSPS) is 9.76. The molecule has 3 amide bonds. The Morgan fingerprint density at radius 1 is 1.19 bits per heavy atom. The summed E-state index contributed by atoms with van der Waals surface area (Å²) in [5.41, 5.74) is 5.76. The van der Waals surface area contributed by atoms with Crippen LogP contribution in [-0.2, 0) is 0 Å². The summed E-state index contributed by atoms with van der Waals surface area (Å²) in [5.74, 6) is 0.508. The van der Waals surface area contributed by atoms with Crippen LogP contribution in [0.4, 0.5) is 10.5 Å². The van der Waals surface area contributed by atoms with Crippen molar-refractivity contribution in [3.63, 3.8) is 0 Å². The van der Waals surface area contributed by atoms with Gasteiger partial charge < -0.3 is 21.1 Å². The molecule has 1 aromatic carbocycles. The fraction of sp³-hybridized carbons (Fsp3) is 0.0714. The van der Waals surface area contributed by atoms with Gasteiger partial charge in [0.1, 0.15) is 5.75 Å². The number of amides is 3. The number of pyridine rings is 1. The molecule has 0 bridgehead atoms. The summed E-state index contributed by atoms with van der Waals surface area (Å²) in [7, 11) is 1.52. The van der Waals surface area contributed by atoms with Crippen molar-refractivity contribution in [1.29, 1.82) is 0 Å². The second-order valence-corrected chi connectivity index (χ2v) is 4.04. The maximum Gasteiger partial charge on any atom is 0.316 e. The first kappa shape index (κ1) is 14.3. The van der Waals surface area contributed by atoms with E-state index in [1.165, 1.54) is 13.2 Å². The Labute approximate surface area is 121 Å². The average molecular weight is 286 g/mol. The van der Waals surface area contributed by atoms with Crippen molar-refractivity contribution in [2.24, 2.45) is 5.73 Å². The van der Waals surface area contributed by atoms with E-state index in [9.17, 15) is 9.59 Å². The van der Waals surface area contributed by atoms with Crippen LogP contribution in [0, 0.1) is 0 Å². The number of nitrogens with one attached hydrogen (secondary N) is 2. The van der Waals surface area contributed by atoms with Crippen molar-refractivity contribution in [1.82, 2.24) is 10.3 Å². The highest BCUT2D eigenvalue weighted by molar-refractivity contribution is 5.94. The molecule has 0 radical (unpaired) electrons. The minimum absolute atomic E-state index is 0.194. The van der Waals surface area contributed by atoms with Crippen LogP contribution in [0.1, 0.15) is 10.5 Å². The lowest BCUT2D eigenvalue weighted by Crippen LogP contribution is -2.20. The lowest BCUT2D eigenvalue weighted by molar-refractivity contribution is 0.0955. The molecule has 0 saturated carbocycles. The zero-order valence-corrected chi connectivity index (χ0v) is 11.3. The zero-order chi connectivity index (χ0) is 15.2. The number of primary amides is 1. The molecule has 0 spiro atoms. The van der Waals surface area contributed by atoms with Gasteiger partial charge in [-0.15, -0.1) is 0 Å². The molecule has 0 aliphatic heterocycles. The number of carbonyl (C=O) groups excluding carboxylic acids is 2. The smallest absolute Gasteiger partial charge is 0.316 e. The summed E-state index contributed by atoms with van der Waals surface area (Å²) in [6.45, 7) is 0. The van der Waals surface area contributed by atoms with Gasteiger partial charge in [0.2, 0.25) is 0 Å². The molecule has 0 atom stereocenters. The van der Waals surface area contributed by atoms with Gasteiger partial charge in [-0.2, -0.15) is 0 Å². The first-order valence-electron chi connectivity index (χ1n) is 6.11. The van der Waals surface area contributed by atoms with Gasteiger partial charge >= 0.3 is 6.03 Å². The molecule has 0 saturated heterocycles. The van der Waals surface area contributed by atoms with Crippen LogP contribution in [0.15, 0.2) is 42.6 Å². The summed E-state index contributed by atoms with van der Waals surface area (Å²) < 4.78 is 5.63. The van der Waals surface area contributed by atoms with Gasteiger partial charge in [0.05, 0.1) is 0 Å². The third-order valence-corrected chi connectivity index (χ3v) is 2.56. The van der Waals surface area contributed by atoms with Crippen LogP contribution in [0.5, 0.6) is 11.5 Å². The van der Waals surface area contributed by atoms with E-state index in [1.807, 2.05) is 0 Å². The van der Waals surface area contributed by atoms with Gasteiger partial charge in [0, 0.05) is 18.9 Å². The van der Waals surface area contributed by atoms with Crippen molar-refractivity contribution in [3.05, 3.63) is 48.3 Å². The van der Waals surface area contributed by atoms with Crippen molar-refractivity contribution < 1.29 is 14.3 Å². The Morgan fingerprint density at radius 2 is 1.90 bits per heavy atom. The molecular formula is C14H14N4O3. The second-order valence-electron chi connectivity index (χ2n) is 4.04. The number of rotatable bonds is 4. The lowest BCUT2D eigenvalue weighted by Gasteiger charge is -2.10. The van der Waals surface area contributed by atoms with Crippen LogP contribution in [0.2, 0.25) is 0 Å². The van der Waals surface area contributed by atoms with Crippen LogP contribution in [0.25, 0.3) is 0 Å². The van der Waals surface area contributed by atoms with Crippen molar-refractivity contribution in [2.45, 2.75) is 0 Å². The molecule has 1 aromatic heterocycles.